The molecule has 0 spiro atoms. The number of aryl methyl sites for hydroxylation is 1. The molecule has 1 N–H and O–H groups in total. The van der Waals surface area contributed by atoms with Crippen LogP contribution in [-0.2, 0) is 6.42 Å². The Kier molecular flexibility index (Phi) is 5.04. The summed E-state index contributed by atoms with van der Waals surface area (Å²) in [7, 11) is 5.31. The van der Waals surface area contributed by atoms with Gasteiger partial charge in [-0.05, 0) is 48.2 Å². The van der Waals surface area contributed by atoms with Gasteiger partial charge in [0.25, 0.3) is 0 Å². The Bertz CT molecular complexity index is 565. The molecule has 4 heteroatoms. The Morgan fingerprint density at radius 3 is 2.50 bits per heavy atom. The number of hydrogen-bond acceptors (Lipinski definition) is 4. The van der Waals surface area contributed by atoms with Gasteiger partial charge in [-0.1, -0.05) is 13.0 Å². The molecule has 0 amide bonds. The molecule has 0 saturated heterocycles. The molecule has 2 aromatic rings. The van der Waals surface area contributed by atoms with Gasteiger partial charge in [0.05, 0.1) is 20.3 Å². The van der Waals surface area contributed by atoms with Gasteiger partial charge < -0.3 is 14.8 Å². The van der Waals surface area contributed by atoms with Crippen LogP contribution in [-0.4, -0.2) is 21.3 Å². The Morgan fingerprint density at radius 1 is 1.15 bits per heavy atom. The lowest BCUT2D eigenvalue weighted by Crippen LogP contribution is -2.17. The Balaban J connectivity index is 2.42. The molecule has 108 valence electrons. The van der Waals surface area contributed by atoms with Crippen LogP contribution in [0.4, 0.5) is 0 Å². The van der Waals surface area contributed by atoms with Crippen molar-refractivity contribution in [2.75, 3.05) is 21.3 Å². The van der Waals surface area contributed by atoms with Gasteiger partial charge >= 0.3 is 0 Å². The first-order valence-corrected chi connectivity index (χ1v) is 7.58. The van der Waals surface area contributed by atoms with Gasteiger partial charge in [-0.15, -0.1) is 11.3 Å². The minimum Gasteiger partial charge on any atom is -0.493 e. The summed E-state index contributed by atoms with van der Waals surface area (Å²) in [5.74, 6) is 1.52. The standard InChI is InChI=1S/C16H21NO2S/c1-5-11-8-9-20-16(11)15(17-2)12-6-7-13(18-3)14(10-12)19-4/h6-10,15,17H,5H2,1-4H3. The summed E-state index contributed by atoms with van der Waals surface area (Å²) in [4.78, 5) is 1.36. The van der Waals surface area contributed by atoms with Crippen molar-refractivity contribution in [3.63, 3.8) is 0 Å². The van der Waals surface area contributed by atoms with Gasteiger partial charge in [0.2, 0.25) is 0 Å². The van der Waals surface area contributed by atoms with Gasteiger partial charge in [-0.3, -0.25) is 0 Å². The molecule has 20 heavy (non-hydrogen) atoms. The van der Waals surface area contributed by atoms with Crippen LogP contribution in [0.2, 0.25) is 0 Å². The lowest BCUT2D eigenvalue weighted by Gasteiger charge is -2.19. The van der Waals surface area contributed by atoms with E-state index in [1.54, 1.807) is 25.6 Å². The van der Waals surface area contributed by atoms with E-state index in [1.807, 2.05) is 19.2 Å². The van der Waals surface area contributed by atoms with Crippen LogP contribution >= 0.6 is 11.3 Å². The van der Waals surface area contributed by atoms with Crippen molar-refractivity contribution in [2.24, 2.45) is 0 Å². The Morgan fingerprint density at radius 2 is 1.90 bits per heavy atom. The molecule has 0 fully saturated rings. The van der Waals surface area contributed by atoms with Crippen molar-refractivity contribution in [3.8, 4) is 11.5 Å². The highest BCUT2D eigenvalue weighted by atomic mass is 32.1. The molecular weight excluding hydrogens is 270 g/mol. The first-order valence-electron chi connectivity index (χ1n) is 6.70. The number of thiophene rings is 1. The van der Waals surface area contributed by atoms with Gasteiger partial charge in [-0.2, -0.15) is 0 Å². The van der Waals surface area contributed by atoms with E-state index in [0.717, 1.165) is 17.9 Å². The van der Waals surface area contributed by atoms with E-state index < -0.39 is 0 Å². The van der Waals surface area contributed by atoms with Crippen LogP contribution in [0, 0.1) is 0 Å². The van der Waals surface area contributed by atoms with Gasteiger partial charge in [0.15, 0.2) is 11.5 Å². The maximum atomic E-state index is 5.40. The number of methoxy groups -OCH3 is 2. The number of ether oxygens (including phenoxy) is 2. The highest BCUT2D eigenvalue weighted by Gasteiger charge is 2.18. The van der Waals surface area contributed by atoms with Crippen molar-refractivity contribution in [3.05, 3.63) is 45.6 Å². The predicted molar refractivity (Wildman–Crippen MR) is 84.1 cm³/mol. The maximum absolute atomic E-state index is 5.40. The fourth-order valence-corrected chi connectivity index (χ4v) is 3.51. The number of rotatable bonds is 6. The second-order valence-corrected chi connectivity index (χ2v) is 5.45. The second-order valence-electron chi connectivity index (χ2n) is 4.50. The van der Waals surface area contributed by atoms with Crippen LogP contribution in [0.3, 0.4) is 0 Å². The average Bonchev–Trinajstić information content (AvgIpc) is 2.96. The molecule has 0 saturated carbocycles. The molecular formula is C16H21NO2S. The molecule has 2 rings (SSSR count). The lowest BCUT2D eigenvalue weighted by atomic mass is 10.0. The zero-order chi connectivity index (χ0) is 14.5. The van der Waals surface area contributed by atoms with Crippen LogP contribution < -0.4 is 14.8 Å². The first-order chi connectivity index (χ1) is 9.74. The number of benzene rings is 1. The molecule has 0 radical (unpaired) electrons. The van der Waals surface area contributed by atoms with Crippen molar-refractivity contribution in [1.29, 1.82) is 0 Å². The second kappa shape index (κ2) is 6.77. The molecule has 1 atom stereocenters. The number of hydrogen-bond donors (Lipinski definition) is 1. The van der Waals surface area contributed by atoms with E-state index in [-0.39, 0.29) is 6.04 Å². The normalized spacial score (nSPS) is 12.2. The van der Waals surface area contributed by atoms with Crippen LogP contribution in [0.15, 0.2) is 29.6 Å². The Hall–Kier alpha value is -1.52. The fraction of sp³-hybridized carbons (Fsp3) is 0.375. The zero-order valence-electron chi connectivity index (χ0n) is 12.4. The van der Waals surface area contributed by atoms with E-state index in [4.69, 9.17) is 9.47 Å². The monoisotopic (exact) mass is 291 g/mol. The minimum atomic E-state index is 0.185. The van der Waals surface area contributed by atoms with E-state index >= 15 is 0 Å². The summed E-state index contributed by atoms with van der Waals surface area (Å²) in [5.41, 5.74) is 2.58. The maximum Gasteiger partial charge on any atom is 0.161 e. The quantitative estimate of drug-likeness (QED) is 0.881. The summed E-state index contributed by atoms with van der Waals surface area (Å²) < 4.78 is 10.7. The van der Waals surface area contributed by atoms with Crippen molar-refractivity contribution < 1.29 is 9.47 Å². The van der Waals surface area contributed by atoms with E-state index in [1.165, 1.54) is 16.0 Å². The van der Waals surface area contributed by atoms with E-state index in [0.29, 0.717) is 0 Å². The molecule has 0 aliphatic rings. The van der Waals surface area contributed by atoms with Crippen molar-refractivity contribution in [1.82, 2.24) is 5.32 Å². The Labute approximate surface area is 124 Å². The summed E-state index contributed by atoms with van der Waals surface area (Å²) in [5, 5.41) is 5.55. The first kappa shape index (κ1) is 14.9. The third kappa shape index (κ3) is 2.81. The molecule has 3 nitrogen and oxygen atoms in total. The third-order valence-electron chi connectivity index (χ3n) is 3.45. The minimum absolute atomic E-state index is 0.185. The van der Waals surface area contributed by atoms with Crippen LogP contribution in [0.25, 0.3) is 0 Å². The number of nitrogens with one attached hydrogen (secondary N) is 1. The molecule has 1 aromatic heterocycles. The summed E-state index contributed by atoms with van der Waals surface area (Å²) in [6.45, 7) is 2.19. The van der Waals surface area contributed by atoms with Gasteiger partial charge in [0.1, 0.15) is 0 Å². The molecule has 0 bridgehead atoms. The summed E-state index contributed by atoms with van der Waals surface area (Å²) in [6, 6.07) is 8.47. The highest BCUT2D eigenvalue weighted by molar-refractivity contribution is 7.10. The van der Waals surface area contributed by atoms with Crippen LogP contribution in [0.5, 0.6) is 11.5 Å². The zero-order valence-corrected chi connectivity index (χ0v) is 13.2. The van der Waals surface area contributed by atoms with Gasteiger partial charge in [-0.25, -0.2) is 0 Å². The smallest absolute Gasteiger partial charge is 0.161 e. The molecule has 0 aliphatic heterocycles. The lowest BCUT2D eigenvalue weighted by molar-refractivity contribution is 0.354. The average molecular weight is 291 g/mol. The summed E-state index contributed by atoms with van der Waals surface area (Å²) in [6.07, 6.45) is 1.05. The van der Waals surface area contributed by atoms with Gasteiger partial charge in [0, 0.05) is 4.88 Å². The van der Waals surface area contributed by atoms with E-state index in [9.17, 15) is 0 Å². The highest BCUT2D eigenvalue weighted by Crippen LogP contribution is 2.35. The molecule has 0 aliphatic carbocycles. The third-order valence-corrected chi connectivity index (χ3v) is 4.48. The molecule has 1 unspecified atom stereocenters. The fourth-order valence-electron chi connectivity index (χ4n) is 2.37. The summed E-state index contributed by atoms with van der Waals surface area (Å²) >= 11 is 1.79. The largest absolute Gasteiger partial charge is 0.493 e. The molecule has 1 heterocycles. The SMILES string of the molecule is CCc1ccsc1C(NC)c1ccc(OC)c(OC)c1. The van der Waals surface area contributed by atoms with Crippen LogP contribution in [0.1, 0.15) is 29.0 Å². The predicted octanol–water partition coefficient (Wildman–Crippen LogP) is 3.64. The van der Waals surface area contributed by atoms with E-state index in [2.05, 4.69) is 29.8 Å². The topological polar surface area (TPSA) is 30.5 Å². The van der Waals surface area contributed by atoms with Crippen molar-refractivity contribution >= 4 is 11.3 Å². The van der Waals surface area contributed by atoms with Crippen molar-refractivity contribution in [2.45, 2.75) is 19.4 Å². The molecule has 1 aromatic carbocycles.